The molecule has 136 valence electrons. The fraction of sp³-hybridized carbons (Fsp3) is 0.353. The maximum atomic E-state index is 12.6. The molecule has 0 unspecified atom stereocenters. The number of rotatable bonds is 3. The van der Waals surface area contributed by atoms with Crippen LogP contribution < -0.4 is 9.47 Å². The van der Waals surface area contributed by atoms with Gasteiger partial charge in [0.1, 0.15) is 6.54 Å². The van der Waals surface area contributed by atoms with Gasteiger partial charge in [0, 0.05) is 17.6 Å². The van der Waals surface area contributed by atoms with Gasteiger partial charge in [0.2, 0.25) is 12.7 Å². The summed E-state index contributed by atoms with van der Waals surface area (Å²) < 4.78 is 11.4. The van der Waals surface area contributed by atoms with E-state index in [4.69, 9.17) is 9.47 Å². The van der Waals surface area contributed by atoms with E-state index in [0.717, 1.165) is 34.0 Å². The van der Waals surface area contributed by atoms with Crippen LogP contribution in [-0.2, 0) is 9.59 Å². The minimum Gasteiger partial charge on any atom is -0.454 e. The summed E-state index contributed by atoms with van der Waals surface area (Å²) in [6.45, 7) is 1.33. The Bertz CT molecular complexity index is 835. The van der Waals surface area contributed by atoms with Crippen molar-refractivity contribution >= 4 is 50.8 Å². The van der Waals surface area contributed by atoms with Crippen LogP contribution in [0.2, 0.25) is 0 Å². The summed E-state index contributed by atoms with van der Waals surface area (Å²) in [6, 6.07) is 3.51. The fourth-order valence-corrected chi connectivity index (χ4v) is 4.29. The summed E-state index contributed by atoms with van der Waals surface area (Å²) in [5, 5.41) is -0.425. The smallest absolute Gasteiger partial charge is 0.294 e. The number of fused-ring (bicyclic) bond motifs is 1. The van der Waals surface area contributed by atoms with Crippen LogP contribution in [0.15, 0.2) is 21.5 Å². The van der Waals surface area contributed by atoms with Crippen LogP contribution >= 0.6 is 27.7 Å². The summed E-state index contributed by atoms with van der Waals surface area (Å²) in [7, 11) is 0. The summed E-state index contributed by atoms with van der Waals surface area (Å²) >= 11 is 4.27. The summed E-state index contributed by atoms with van der Waals surface area (Å²) in [5.41, 5.74) is 0.700. The molecular formula is C17H15BrN2O5S. The Balaban J connectivity index is 1.53. The number of amides is 3. The normalized spacial score (nSPS) is 20.6. The predicted molar refractivity (Wildman–Crippen MR) is 98.8 cm³/mol. The number of ether oxygens (including phenoxy) is 2. The molecule has 26 heavy (non-hydrogen) atoms. The minimum atomic E-state index is -0.447. The molecular weight excluding hydrogens is 424 g/mol. The quantitative estimate of drug-likeness (QED) is 0.675. The van der Waals surface area contributed by atoms with E-state index in [9.17, 15) is 14.4 Å². The summed E-state index contributed by atoms with van der Waals surface area (Å²) in [5.74, 6) is 0.577. The van der Waals surface area contributed by atoms with E-state index >= 15 is 0 Å². The highest BCUT2D eigenvalue weighted by atomic mass is 79.9. The molecule has 4 rings (SSSR count). The lowest BCUT2D eigenvalue weighted by Crippen LogP contribution is -2.40. The SMILES string of the molecule is O=C(CN1C(=O)SC(=Cc2cc3c(cc2Br)OCO3)C1=O)N1CCCC1. The topological polar surface area (TPSA) is 76.1 Å². The average Bonchev–Trinajstić information content (AvgIpc) is 3.33. The maximum Gasteiger partial charge on any atom is 0.294 e. The predicted octanol–water partition coefficient (Wildman–Crippen LogP) is 2.84. The van der Waals surface area contributed by atoms with Gasteiger partial charge in [-0.3, -0.25) is 19.3 Å². The zero-order valence-corrected chi connectivity index (χ0v) is 16.1. The number of hydrogen-bond donors (Lipinski definition) is 0. The van der Waals surface area contributed by atoms with Gasteiger partial charge in [-0.25, -0.2) is 0 Å². The van der Waals surface area contributed by atoms with Crippen LogP contribution in [0.4, 0.5) is 4.79 Å². The molecule has 9 heteroatoms. The molecule has 1 aromatic rings. The summed E-state index contributed by atoms with van der Waals surface area (Å²) in [6.07, 6.45) is 3.55. The molecule has 3 aliphatic heterocycles. The Labute approximate surface area is 162 Å². The first kappa shape index (κ1) is 17.4. The lowest BCUT2D eigenvalue weighted by Gasteiger charge is -2.18. The number of halogens is 1. The van der Waals surface area contributed by atoms with Crippen LogP contribution in [0.5, 0.6) is 11.5 Å². The molecule has 7 nitrogen and oxygen atoms in total. The van der Waals surface area contributed by atoms with Gasteiger partial charge >= 0.3 is 0 Å². The molecule has 2 fully saturated rings. The Morgan fingerprint density at radius 3 is 2.62 bits per heavy atom. The first-order valence-electron chi connectivity index (χ1n) is 8.15. The number of hydrogen-bond acceptors (Lipinski definition) is 6. The highest BCUT2D eigenvalue weighted by molar-refractivity contribution is 9.10. The molecule has 0 saturated carbocycles. The van der Waals surface area contributed by atoms with Crippen LogP contribution in [0.3, 0.4) is 0 Å². The van der Waals surface area contributed by atoms with Crippen molar-refractivity contribution in [2.45, 2.75) is 12.8 Å². The monoisotopic (exact) mass is 438 g/mol. The van der Waals surface area contributed by atoms with Crippen molar-refractivity contribution in [3.63, 3.8) is 0 Å². The zero-order chi connectivity index (χ0) is 18.3. The molecule has 0 atom stereocenters. The van der Waals surface area contributed by atoms with Crippen molar-refractivity contribution in [2.75, 3.05) is 26.4 Å². The Morgan fingerprint density at radius 2 is 1.88 bits per heavy atom. The number of likely N-dealkylation sites (tertiary alicyclic amines) is 1. The standard InChI is InChI=1S/C17H15BrN2O5S/c18-11-7-13-12(24-9-25-13)5-10(11)6-14-16(22)20(17(23)26-14)8-15(21)19-3-1-2-4-19/h5-7H,1-4,8-9H2. The van der Waals surface area contributed by atoms with Crippen LogP contribution in [0, 0.1) is 0 Å². The third-order valence-corrected chi connectivity index (χ3v) is 6.00. The Morgan fingerprint density at radius 1 is 1.19 bits per heavy atom. The van der Waals surface area contributed by atoms with Crippen molar-refractivity contribution in [3.8, 4) is 11.5 Å². The molecule has 3 aliphatic rings. The second-order valence-electron chi connectivity index (χ2n) is 6.08. The number of nitrogens with zero attached hydrogens (tertiary/aromatic N) is 2. The van der Waals surface area contributed by atoms with Gasteiger partial charge in [-0.05, 0) is 48.4 Å². The molecule has 3 amide bonds. The van der Waals surface area contributed by atoms with E-state index in [1.54, 1.807) is 23.1 Å². The maximum absolute atomic E-state index is 12.6. The van der Waals surface area contributed by atoms with E-state index < -0.39 is 11.1 Å². The van der Waals surface area contributed by atoms with Crippen LogP contribution in [0.1, 0.15) is 18.4 Å². The summed E-state index contributed by atoms with van der Waals surface area (Å²) in [4.78, 5) is 40.0. The van der Waals surface area contributed by atoms with Crippen LogP contribution in [0.25, 0.3) is 6.08 Å². The van der Waals surface area contributed by atoms with Gasteiger partial charge in [0.05, 0.1) is 4.91 Å². The van der Waals surface area contributed by atoms with Gasteiger partial charge in [0.25, 0.3) is 11.1 Å². The van der Waals surface area contributed by atoms with Gasteiger partial charge in [0.15, 0.2) is 11.5 Å². The lowest BCUT2D eigenvalue weighted by molar-refractivity contribution is -0.135. The van der Waals surface area contributed by atoms with E-state index in [1.807, 2.05) is 0 Å². The second kappa shape index (κ2) is 6.96. The molecule has 3 heterocycles. The molecule has 0 bridgehead atoms. The number of carbonyl (C=O) groups excluding carboxylic acids is 3. The van der Waals surface area contributed by atoms with Gasteiger partial charge in [-0.15, -0.1) is 0 Å². The molecule has 1 aromatic carbocycles. The Hall–Kier alpha value is -2.00. The van der Waals surface area contributed by atoms with Crippen molar-refractivity contribution in [3.05, 3.63) is 27.1 Å². The van der Waals surface area contributed by atoms with E-state index in [2.05, 4.69) is 15.9 Å². The largest absolute Gasteiger partial charge is 0.454 e. The molecule has 0 spiro atoms. The third-order valence-electron chi connectivity index (χ3n) is 4.40. The second-order valence-corrected chi connectivity index (χ2v) is 7.93. The van der Waals surface area contributed by atoms with Gasteiger partial charge in [-0.1, -0.05) is 15.9 Å². The Kier molecular flexibility index (Phi) is 4.66. The minimum absolute atomic E-state index is 0.153. The lowest BCUT2D eigenvalue weighted by atomic mass is 10.2. The fourth-order valence-electron chi connectivity index (χ4n) is 3.02. The highest BCUT2D eigenvalue weighted by Crippen LogP contribution is 2.39. The molecule has 0 radical (unpaired) electrons. The third kappa shape index (κ3) is 3.21. The van der Waals surface area contributed by atoms with Crippen molar-refractivity contribution in [2.24, 2.45) is 0 Å². The molecule has 0 N–H and O–H groups in total. The van der Waals surface area contributed by atoms with Gasteiger partial charge < -0.3 is 14.4 Å². The number of carbonyl (C=O) groups is 3. The van der Waals surface area contributed by atoms with Gasteiger partial charge in [-0.2, -0.15) is 0 Å². The van der Waals surface area contributed by atoms with E-state index in [1.165, 1.54) is 0 Å². The number of imide groups is 1. The average molecular weight is 439 g/mol. The van der Waals surface area contributed by atoms with Crippen molar-refractivity contribution < 1.29 is 23.9 Å². The zero-order valence-electron chi connectivity index (χ0n) is 13.7. The van der Waals surface area contributed by atoms with Crippen molar-refractivity contribution in [1.29, 1.82) is 0 Å². The first-order chi connectivity index (χ1) is 12.5. The molecule has 0 aromatic heterocycles. The molecule has 0 aliphatic carbocycles. The number of benzene rings is 1. The van der Waals surface area contributed by atoms with Crippen LogP contribution in [-0.4, -0.2) is 53.3 Å². The highest BCUT2D eigenvalue weighted by Gasteiger charge is 2.37. The first-order valence-corrected chi connectivity index (χ1v) is 9.76. The van der Waals surface area contributed by atoms with E-state index in [-0.39, 0.29) is 24.2 Å². The van der Waals surface area contributed by atoms with E-state index in [0.29, 0.717) is 30.2 Å². The van der Waals surface area contributed by atoms with Crippen molar-refractivity contribution in [1.82, 2.24) is 9.80 Å². The number of thioether (sulfide) groups is 1. The molecule has 2 saturated heterocycles.